The molecule has 3 aliphatic rings. The summed E-state index contributed by atoms with van der Waals surface area (Å²) in [5, 5.41) is 5.59. The molecule has 6 heteroatoms. The normalized spacial score (nSPS) is 27.7. The van der Waals surface area contributed by atoms with E-state index in [1.54, 1.807) is 16.2 Å². The number of thiophene rings is 1. The number of nitrogens with zero attached hydrogens (tertiary/aromatic N) is 2. The Hall–Kier alpha value is -1.40. The Kier molecular flexibility index (Phi) is 3.66. The zero-order valence-electron chi connectivity index (χ0n) is 12.6. The molecule has 4 heterocycles. The highest BCUT2D eigenvalue weighted by atomic mass is 32.1. The maximum Gasteiger partial charge on any atom is 0.242 e. The second-order valence-corrected chi connectivity index (χ2v) is 7.55. The number of carbonyl (C=O) groups is 2. The largest absolute Gasteiger partial charge is 0.336 e. The Labute approximate surface area is 134 Å². The highest BCUT2D eigenvalue weighted by Gasteiger charge is 2.34. The molecule has 118 valence electrons. The van der Waals surface area contributed by atoms with Gasteiger partial charge in [0, 0.05) is 43.0 Å². The zero-order chi connectivity index (χ0) is 15.1. The van der Waals surface area contributed by atoms with Crippen LogP contribution in [0.5, 0.6) is 0 Å². The number of fused-ring (bicyclic) bond motifs is 3. The molecule has 5 nitrogen and oxygen atoms in total. The van der Waals surface area contributed by atoms with Gasteiger partial charge in [0.15, 0.2) is 0 Å². The van der Waals surface area contributed by atoms with Gasteiger partial charge in [-0.1, -0.05) is 0 Å². The lowest BCUT2D eigenvalue weighted by Gasteiger charge is -2.30. The van der Waals surface area contributed by atoms with Crippen LogP contribution in [0.3, 0.4) is 0 Å². The smallest absolute Gasteiger partial charge is 0.242 e. The first-order chi connectivity index (χ1) is 10.7. The lowest BCUT2D eigenvalue weighted by atomic mass is 10.1. The molecule has 4 rings (SSSR count). The van der Waals surface area contributed by atoms with E-state index in [4.69, 9.17) is 0 Å². The van der Waals surface area contributed by atoms with Gasteiger partial charge < -0.3 is 15.1 Å². The predicted molar refractivity (Wildman–Crippen MR) is 84.6 cm³/mol. The quantitative estimate of drug-likeness (QED) is 0.884. The highest BCUT2D eigenvalue weighted by molar-refractivity contribution is 7.10. The molecule has 0 saturated carbocycles. The number of carbonyl (C=O) groups excluding carboxylic acids is 2. The van der Waals surface area contributed by atoms with Crippen molar-refractivity contribution in [2.45, 2.75) is 44.3 Å². The van der Waals surface area contributed by atoms with Crippen molar-refractivity contribution in [2.75, 3.05) is 19.6 Å². The SMILES string of the molecule is O=C(CN1C[C@H]2CC[C@@H](CC1=O)N2)N1CCc2sccc2C1. The molecule has 0 aromatic carbocycles. The van der Waals surface area contributed by atoms with Crippen molar-refractivity contribution in [3.8, 4) is 0 Å². The van der Waals surface area contributed by atoms with Gasteiger partial charge in [-0.3, -0.25) is 9.59 Å². The van der Waals surface area contributed by atoms with Gasteiger partial charge in [-0.25, -0.2) is 0 Å². The van der Waals surface area contributed by atoms with E-state index >= 15 is 0 Å². The van der Waals surface area contributed by atoms with Crippen LogP contribution in [0.15, 0.2) is 11.4 Å². The third-order valence-corrected chi connectivity index (χ3v) is 6.06. The maximum atomic E-state index is 12.6. The summed E-state index contributed by atoms with van der Waals surface area (Å²) in [6, 6.07) is 2.80. The molecule has 2 fully saturated rings. The molecule has 22 heavy (non-hydrogen) atoms. The first kappa shape index (κ1) is 14.2. The molecular weight excluding hydrogens is 298 g/mol. The Morgan fingerprint density at radius 3 is 3.14 bits per heavy atom. The number of likely N-dealkylation sites (tertiary alicyclic amines) is 1. The van der Waals surface area contributed by atoms with Gasteiger partial charge >= 0.3 is 0 Å². The number of hydrogen-bond donors (Lipinski definition) is 1. The van der Waals surface area contributed by atoms with Crippen molar-refractivity contribution in [3.05, 3.63) is 21.9 Å². The van der Waals surface area contributed by atoms with Gasteiger partial charge in [0.2, 0.25) is 11.8 Å². The Morgan fingerprint density at radius 1 is 1.36 bits per heavy atom. The van der Waals surface area contributed by atoms with E-state index in [9.17, 15) is 9.59 Å². The number of hydrogen-bond acceptors (Lipinski definition) is 4. The molecule has 0 radical (unpaired) electrons. The average Bonchev–Trinajstić information content (AvgIpc) is 3.10. The van der Waals surface area contributed by atoms with Crippen molar-refractivity contribution in [1.82, 2.24) is 15.1 Å². The van der Waals surface area contributed by atoms with E-state index in [-0.39, 0.29) is 18.4 Å². The van der Waals surface area contributed by atoms with Crippen LogP contribution in [0, 0.1) is 0 Å². The first-order valence-electron chi connectivity index (χ1n) is 8.06. The molecule has 2 atom stereocenters. The van der Waals surface area contributed by atoms with Crippen LogP contribution >= 0.6 is 11.3 Å². The van der Waals surface area contributed by atoms with Crippen molar-refractivity contribution in [2.24, 2.45) is 0 Å². The maximum absolute atomic E-state index is 12.6. The summed E-state index contributed by atoms with van der Waals surface area (Å²) in [5.74, 6) is 0.212. The monoisotopic (exact) mass is 319 g/mol. The summed E-state index contributed by atoms with van der Waals surface area (Å²) in [4.78, 5) is 29.9. The van der Waals surface area contributed by atoms with Crippen LogP contribution in [-0.4, -0.2) is 53.3 Å². The van der Waals surface area contributed by atoms with Crippen LogP contribution in [-0.2, 0) is 22.6 Å². The Bertz CT molecular complexity index is 600. The van der Waals surface area contributed by atoms with Crippen LogP contribution in [0.2, 0.25) is 0 Å². The summed E-state index contributed by atoms with van der Waals surface area (Å²) < 4.78 is 0. The molecule has 0 aliphatic carbocycles. The topological polar surface area (TPSA) is 52.7 Å². The third-order valence-electron chi connectivity index (χ3n) is 5.04. The summed E-state index contributed by atoms with van der Waals surface area (Å²) >= 11 is 1.78. The van der Waals surface area contributed by atoms with Crippen molar-refractivity contribution >= 4 is 23.2 Å². The summed E-state index contributed by atoms with van der Waals surface area (Å²) in [7, 11) is 0. The fourth-order valence-corrected chi connectivity index (χ4v) is 4.68. The Morgan fingerprint density at radius 2 is 2.23 bits per heavy atom. The predicted octanol–water partition coefficient (Wildman–Crippen LogP) is 0.986. The van der Waals surface area contributed by atoms with E-state index in [1.807, 2.05) is 4.90 Å². The van der Waals surface area contributed by atoms with E-state index in [1.165, 1.54) is 10.4 Å². The van der Waals surface area contributed by atoms with Crippen molar-refractivity contribution in [1.29, 1.82) is 0 Å². The minimum absolute atomic E-state index is 0.0861. The third kappa shape index (κ3) is 2.65. The number of amides is 2. The molecule has 1 aromatic rings. The highest BCUT2D eigenvalue weighted by Crippen LogP contribution is 2.25. The summed E-state index contributed by atoms with van der Waals surface area (Å²) in [5.41, 5.74) is 1.27. The van der Waals surface area contributed by atoms with Crippen LogP contribution in [0.1, 0.15) is 29.7 Å². The van der Waals surface area contributed by atoms with Crippen molar-refractivity contribution < 1.29 is 9.59 Å². The average molecular weight is 319 g/mol. The molecule has 2 amide bonds. The molecule has 1 aromatic heterocycles. The van der Waals surface area contributed by atoms with E-state index in [0.29, 0.717) is 31.6 Å². The van der Waals surface area contributed by atoms with Gasteiger partial charge in [-0.05, 0) is 36.3 Å². The number of nitrogens with one attached hydrogen (secondary N) is 1. The molecule has 0 unspecified atom stereocenters. The summed E-state index contributed by atoms with van der Waals surface area (Å²) in [6.07, 6.45) is 3.69. The lowest BCUT2D eigenvalue weighted by Crippen LogP contribution is -2.46. The molecule has 1 N–H and O–H groups in total. The van der Waals surface area contributed by atoms with Gasteiger partial charge in [0.05, 0.1) is 6.54 Å². The Balaban J connectivity index is 1.40. The van der Waals surface area contributed by atoms with Gasteiger partial charge in [0.1, 0.15) is 0 Å². The number of rotatable bonds is 2. The fraction of sp³-hybridized carbons (Fsp3) is 0.625. The van der Waals surface area contributed by atoms with Gasteiger partial charge in [-0.2, -0.15) is 0 Å². The van der Waals surface area contributed by atoms with E-state index in [0.717, 1.165) is 25.8 Å². The van der Waals surface area contributed by atoms with Crippen LogP contribution in [0.4, 0.5) is 0 Å². The molecular formula is C16H21N3O2S. The molecule has 3 aliphatic heterocycles. The molecule has 2 bridgehead atoms. The standard InChI is InChI=1S/C16H21N3O2S/c20-15-7-12-1-2-13(17-12)9-19(15)10-16(21)18-5-3-14-11(8-18)4-6-22-14/h4,6,12-13,17H,1-3,5,7-10H2/t12-,13+/m0/s1. The van der Waals surface area contributed by atoms with E-state index < -0.39 is 0 Å². The van der Waals surface area contributed by atoms with Gasteiger partial charge in [-0.15, -0.1) is 11.3 Å². The van der Waals surface area contributed by atoms with E-state index in [2.05, 4.69) is 16.8 Å². The second kappa shape index (κ2) is 5.66. The molecule has 2 saturated heterocycles. The van der Waals surface area contributed by atoms with Gasteiger partial charge in [0.25, 0.3) is 0 Å². The van der Waals surface area contributed by atoms with Crippen LogP contribution < -0.4 is 5.32 Å². The summed E-state index contributed by atoms with van der Waals surface area (Å²) in [6.45, 7) is 2.39. The minimum atomic E-state index is 0.0861. The first-order valence-corrected chi connectivity index (χ1v) is 8.94. The van der Waals surface area contributed by atoms with Crippen LogP contribution in [0.25, 0.3) is 0 Å². The fourth-order valence-electron chi connectivity index (χ4n) is 3.79. The van der Waals surface area contributed by atoms with Crippen molar-refractivity contribution in [3.63, 3.8) is 0 Å². The second-order valence-electron chi connectivity index (χ2n) is 6.55. The lowest BCUT2D eigenvalue weighted by molar-refractivity contribution is -0.141. The molecule has 0 spiro atoms. The zero-order valence-corrected chi connectivity index (χ0v) is 13.4. The minimum Gasteiger partial charge on any atom is -0.336 e.